The third-order valence-corrected chi connectivity index (χ3v) is 2.92. The molecule has 1 heterocycles. The first kappa shape index (κ1) is 13.1. The van der Waals surface area contributed by atoms with Gasteiger partial charge in [0, 0.05) is 19.7 Å². The molecule has 6 nitrogen and oxygen atoms in total. The highest BCUT2D eigenvalue weighted by Gasteiger charge is 2.06. The summed E-state index contributed by atoms with van der Waals surface area (Å²) in [5.74, 6) is 6.17. The molecular weight excluding hydrogens is 244 g/mol. The molecule has 19 heavy (non-hydrogen) atoms. The Bertz CT molecular complexity index is 629. The van der Waals surface area contributed by atoms with Crippen molar-refractivity contribution in [2.24, 2.45) is 12.9 Å². The molecule has 0 aliphatic heterocycles. The van der Waals surface area contributed by atoms with Gasteiger partial charge in [-0.05, 0) is 12.0 Å². The van der Waals surface area contributed by atoms with Crippen LogP contribution in [0.5, 0.6) is 0 Å². The third-order valence-electron chi connectivity index (χ3n) is 2.92. The van der Waals surface area contributed by atoms with Crippen LogP contribution < -0.4 is 22.1 Å². The van der Waals surface area contributed by atoms with Gasteiger partial charge in [-0.1, -0.05) is 30.3 Å². The number of nitrogens with zero attached hydrogens (tertiary/aromatic N) is 2. The Morgan fingerprint density at radius 2 is 1.95 bits per heavy atom. The lowest BCUT2D eigenvalue weighted by Crippen LogP contribution is -2.39. The average molecular weight is 260 g/mol. The van der Waals surface area contributed by atoms with Gasteiger partial charge in [0.05, 0.1) is 0 Å². The molecule has 0 radical (unpaired) electrons. The molecule has 0 amide bonds. The van der Waals surface area contributed by atoms with Gasteiger partial charge in [-0.2, -0.15) is 0 Å². The number of H-pyrrole nitrogens is 1. The number of nitrogens with one attached hydrogen (secondary N) is 1. The van der Waals surface area contributed by atoms with Crippen LogP contribution in [-0.2, 0) is 13.5 Å². The molecule has 2 aromatic rings. The molecule has 1 aromatic heterocycles. The molecule has 0 fully saturated rings. The van der Waals surface area contributed by atoms with Gasteiger partial charge in [0.2, 0.25) is 0 Å². The summed E-state index contributed by atoms with van der Waals surface area (Å²) in [6.07, 6.45) is 0.731. The first-order chi connectivity index (χ1) is 9.08. The lowest BCUT2D eigenvalue weighted by molar-refractivity contribution is 0.743. The van der Waals surface area contributed by atoms with Crippen LogP contribution >= 0.6 is 0 Å². The van der Waals surface area contributed by atoms with Crippen molar-refractivity contribution in [1.82, 2.24) is 9.55 Å². The average Bonchev–Trinajstić information content (AvgIpc) is 2.42. The van der Waals surface area contributed by atoms with E-state index in [9.17, 15) is 9.59 Å². The number of aromatic amines is 1. The molecule has 0 saturated carbocycles. The van der Waals surface area contributed by atoms with Crippen molar-refractivity contribution in [2.45, 2.75) is 6.42 Å². The molecule has 0 aliphatic rings. The van der Waals surface area contributed by atoms with Crippen molar-refractivity contribution in [3.05, 3.63) is 62.8 Å². The topological polar surface area (TPSA) is 84.1 Å². The summed E-state index contributed by atoms with van der Waals surface area (Å²) in [6.45, 7) is 0.507. The molecule has 0 atom stereocenters. The first-order valence-electron chi connectivity index (χ1n) is 5.94. The first-order valence-corrected chi connectivity index (χ1v) is 5.94. The summed E-state index contributed by atoms with van der Waals surface area (Å²) in [6, 6.07) is 11.2. The fraction of sp³-hybridized carbons (Fsp3) is 0.231. The zero-order valence-corrected chi connectivity index (χ0v) is 10.7. The van der Waals surface area contributed by atoms with Crippen molar-refractivity contribution in [3.63, 3.8) is 0 Å². The van der Waals surface area contributed by atoms with Gasteiger partial charge >= 0.3 is 5.69 Å². The van der Waals surface area contributed by atoms with Crippen molar-refractivity contribution < 1.29 is 0 Å². The lowest BCUT2D eigenvalue weighted by Gasteiger charge is -2.17. The van der Waals surface area contributed by atoms with Crippen LogP contribution in [0, 0.1) is 0 Å². The summed E-state index contributed by atoms with van der Waals surface area (Å²) in [4.78, 5) is 25.5. The molecule has 6 heteroatoms. The molecule has 3 N–H and O–H groups in total. The van der Waals surface area contributed by atoms with Gasteiger partial charge in [-0.3, -0.25) is 19.4 Å². The number of benzene rings is 1. The minimum Gasteiger partial charge on any atom is -0.296 e. The van der Waals surface area contributed by atoms with E-state index in [0.717, 1.165) is 16.6 Å². The van der Waals surface area contributed by atoms with Crippen molar-refractivity contribution in [2.75, 3.05) is 11.6 Å². The van der Waals surface area contributed by atoms with Gasteiger partial charge in [-0.25, -0.2) is 10.6 Å². The second-order valence-electron chi connectivity index (χ2n) is 4.29. The highest BCUT2D eigenvalue weighted by molar-refractivity contribution is 5.34. The number of aromatic nitrogens is 2. The Labute approximate surface area is 110 Å². The van der Waals surface area contributed by atoms with E-state index in [-0.39, 0.29) is 5.56 Å². The van der Waals surface area contributed by atoms with E-state index in [2.05, 4.69) is 4.98 Å². The van der Waals surface area contributed by atoms with E-state index in [1.165, 1.54) is 18.1 Å². The molecule has 0 spiro atoms. The highest BCUT2D eigenvalue weighted by atomic mass is 16.2. The second-order valence-corrected chi connectivity index (χ2v) is 4.29. The number of anilines is 1. The number of hydrogen-bond donors (Lipinski definition) is 2. The molecule has 100 valence electrons. The third kappa shape index (κ3) is 3.11. The Balaban J connectivity index is 2.10. The van der Waals surface area contributed by atoms with Crippen LogP contribution in [0.3, 0.4) is 0 Å². The van der Waals surface area contributed by atoms with Gasteiger partial charge in [0.1, 0.15) is 5.82 Å². The van der Waals surface area contributed by atoms with Crippen LogP contribution in [0.1, 0.15) is 5.56 Å². The van der Waals surface area contributed by atoms with E-state index in [0.29, 0.717) is 12.4 Å². The molecule has 0 saturated heterocycles. The van der Waals surface area contributed by atoms with Gasteiger partial charge in [0.15, 0.2) is 0 Å². The van der Waals surface area contributed by atoms with Crippen molar-refractivity contribution in [3.8, 4) is 0 Å². The minimum atomic E-state index is -0.474. The van der Waals surface area contributed by atoms with E-state index >= 15 is 0 Å². The Kier molecular flexibility index (Phi) is 3.82. The fourth-order valence-electron chi connectivity index (χ4n) is 1.71. The molecule has 2 rings (SSSR count). The molecule has 0 aliphatic carbocycles. The zero-order valence-electron chi connectivity index (χ0n) is 10.7. The highest BCUT2D eigenvalue weighted by Crippen LogP contribution is 2.04. The molecule has 0 unspecified atom stereocenters. The normalized spacial score (nSPS) is 10.4. The maximum Gasteiger partial charge on any atom is 0.329 e. The lowest BCUT2D eigenvalue weighted by atomic mass is 10.1. The Morgan fingerprint density at radius 3 is 2.58 bits per heavy atom. The Morgan fingerprint density at radius 1 is 1.26 bits per heavy atom. The van der Waals surface area contributed by atoms with Crippen LogP contribution in [0.4, 0.5) is 5.82 Å². The summed E-state index contributed by atoms with van der Waals surface area (Å²) in [5, 5.41) is 1.37. The predicted molar refractivity (Wildman–Crippen MR) is 74.0 cm³/mol. The SMILES string of the molecule is Cn1c(=O)cc(N(N)CCc2ccccc2)[nH]c1=O. The summed E-state index contributed by atoms with van der Waals surface area (Å²) in [5.41, 5.74) is 0.288. The van der Waals surface area contributed by atoms with E-state index < -0.39 is 5.69 Å². The monoisotopic (exact) mass is 260 g/mol. The number of rotatable bonds is 4. The molecular formula is C13H16N4O2. The van der Waals surface area contributed by atoms with Crippen LogP contribution in [0.2, 0.25) is 0 Å². The summed E-state index contributed by atoms with van der Waals surface area (Å²) in [7, 11) is 1.41. The maximum atomic E-state index is 11.5. The fourth-order valence-corrected chi connectivity index (χ4v) is 1.71. The molecule has 1 aromatic carbocycles. The summed E-state index contributed by atoms with van der Waals surface area (Å²) < 4.78 is 0.995. The number of hydrogen-bond acceptors (Lipinski definition) is 4. The van der Waals surface area contributed by atoms with E-state index in [1.54, 1.807) is 0 Å². The quantitative estimate of drug-likeness (QED) is 0.598. The predicted octanol–water partition coefficient (Wildman–Crippen LogP) is -0.00360. The van der Waals surface area contributed by atoms with Gasteiger partial charge in [0.25, 0.3) is 5.56 Å². The van der Waals surface area contributed by atoms with E-state index in [4.69, 9.17) is 5.84 Å². The van der Waals surface area contributed by atoms with Crippen molar-refractivity contribution in [1.29, 1.82) is 0 Å². The second kappa shape index (κ2) is 5.53. The number of hydrazine groups is 1. The number of nitrogens with two attached hydrogens (primary N) is 1. The molecule has 0 bridgehead atoms. The largest absolute Gasteiger partial charge is 0.329 e. The van der Waals surface area contributed by atoms with Crippen LogP contribution in [0.25, 0.3) is 0 Å². The van der Waals surface area contributed by atoms with Crippen LogP contribution in [-0.4, -0.2) is 16.1 Å². The zero-order chi connectivity index (χ0) is 13.8. The van der Waals surface area contributed by atoms with Gasteiger partial charge < -0.3 is 0 Å². The Hall–Kier alpha value is -2.34. The standard InChI is InChI=1S/C13H16N4O2/c1-16-12(18)9-11(15-13(16)19)17(14)8-7-10-5-3-2-4-6-10/h2-6,9H,7-8,14H2,1H3,(H,15,19). The van der Waals surface area contributed by atoms with Crippen molar-refractivity contribution >= 4 is 5.82 Å². The van der Waals surface area contributed by atoms with E-state index in [1.807, 2.05) is 30.3 Å². The minimum absolute atomic E-state index is 0.323. The summed E-state index contributed by atoms with van der Waals surface area (Å²) >= 11 is 0. The smallest absolute Gasteiger partial charge is 0.296 e. The van der Waals surface area contributed by atoms with Gasteiger partial charge in [-0.15, -0.1) is 0 Å². The maximum absolute atomic E-state index is 11.5. The van der Waals surface area contributed by atoms with Crippen LogP contribution in [0.15, 0.2) is 46.0 Å².